The van der Waals surface area contributed by atoms with Gasteiger partial charge < -0.3 is 9.64 Å². The SMILES string of the molecule is ClCCOC1CCN(C2CCCCC2)CC1. The highest BCUT2D eigenvalue weighted by atomic mass is 35.5. The van der Waals surface area contributed by atoms with Crippen LogP contribution in [0.1, 0.15) is 44.9 Å². The highest BCUT2D eigenvalue weighted by Crippen LogP contribution is 2.25. The summed E-state index contributed by atoms with van der Waals surface area (Å²) in [7, 11) is 0. The molecule has 0 amide bonds. The van der Waals surface area contributed by atoms with Gasteiger partial charge in [0.1, 0.15) is 0 Å². The van der Waals surface area contributed by atoms with Gasteiger partial charge in [-0.25, -0.2) is 0 Å². The Hall–Kier alpha value is 0.210. The molecule has 2 aliphatic rings. The Bertz CT molecular complexity index is 186. The third kappa shape index (κ3) is 3.61. The lowest BCUT2D eigenvalue weighted by Crippen LogP contribution is -2.44. The normalized spacial score (nSPS) is 26.1. The van der Waals surface area contributed by atoms with Crippen LogP contribution in [0.3, 0.4) is 0 Å². The summed E-state index contributed by atoms with van der Waals surface area (Å²) in [6.45, 7) is 3.19. The average molecular weight is 246 g/mol. The monoisotopic (exact) mass is 245 g/mol. The minimum absolute atomic E-state index is 0.471. The van der Waals surface area contributed by atoms with E-state index >= 15 is 0 Å². The first-order valence-corrected chi connectivity index (χ1v) is 7.35. The fourth-order valence-corrected chi connectivity index (χ4v) is 3.15. The maximum Gasteiger partial charge on any atom is 0.0605 e. The topological polar surface area (TPSA) is 12.5 Å². The Balaban J connectivity index is 1.67. The van der Waals surface area contributed by atoms with Crippen molar-refractivity contribution in [2.75, 3.05) is 25.6 Å². The summed E-state index contributed by atoms with van der Waals surface area (Å²) in [4.78, 5) is 2.69. The minimum atomic E-state index is 0.471. The van der Waals surface area contributed by atoms with E-state index in [-0.39, 0.29) is 0 Å². The van der Waals surface area contributed by atoms with E-state index in [0.717, 1.165) is 12.6 Å². The van der Waals surface area contributed by atoms with Crippen LogP contribution < -0.4 is 0 Å². The largest absolute Gasteiger partial charge is 0.377 e. The van der Waals surface area contributed by atoms with E-state index in [2.05, 4.69) is 4.90 Å². The third-order valence-electron chi connectivity index (χ3n) is 4.00. The van der Waals surface area contributed by atoms with Crippen molar-refractivity contribution in [2.24, 2.45) is 0 Å². The van der Waals surface area contributed by atoms with Gasteiger partial charge in [0.25, 0.3) is 0 Å². The predicted octanol–water partition coefficient (Wildman–Crippen LogP) is 3.04. The summed E-state index contributed by atoms with van der Waals surface area (Å²) in [5.41, 5.74) is 0. The molecule has 1 aliphatic heterocycles. The Kier molecular flexibility index (Phi) is 5.40. The van der Waals surface area contributed by atoms with Crippen molar-refractivity contribution in [3.05, 3.63) is 0 Å². The van der Waals surface area contributed by atoms with Crippen LogP contribution in [0.4, 0.5) is 0 Å². The molecule has 2 nitrogen and oxygen atoms in total. The molecule has 0 aromatic heterocycles. The van der Waals surface area contributed by atoms with Gasteiger partial charge in [0, 0.05) is 25.0 Å². The number of nitrogens with zero attached hydrogens (tertiary/aromatic N) is 1. The first-order chi connectivity index (χ1) is 7.90. The molecule has 0 bridgehead atoms. The van der Waals surface area contributed by atoms with E-state index < -0.39 is 0 Å². The van der Waals surface area contributed by atoms with Crippen molar-refractivity contribution in [3.8, 4) is 0 Å². The molecule has 1 saturated heterocycles. The molecule has 0 atom stereocenters. The minimum Gasteiger partial charge on any atom is -0.377 e. The van der Waals surface area contributed by atoms with Crippen LogP contribution in [0.2, 0.25) is 0 Å². The van der Waals surface area contributed by atoms with Gasteiger partial charge in [-0.3, -0.25) is 0 Å². The molecule has 1 heterocycles. The lowest BCUT2D eigenvalue weighted by molar-refractivity contribution is 0.000447. The maximum atomic E-state index is 5.71. The molecule has 0 radical (unpaired) electrons. The molecule has 16 heavy (non-hydrogen) atoms. The van der Waals surface area contributed by atoms with Crippen LogP contribution in [-0.4, -0.2) is 42.6 Å². The fourth-order valence-electron chi connectivity index (χ4n) is 3.06. The summed E-state index contributed by atoms with van der Waals surface area (Å²) in [5.74, 6) is 0.628. The van der Waals surface area contributed by atoms with E-state index in [1.54, 1.807) is 0 Å². The van der Waals surface area contributed by atoms with E-state index in [1.165, 1.54) is 58.0 Å². The number of alkyl halides is 1. The molecule has 0 aromatic rings. The van der Waals surface area contributed by atoms with Crippen LogP contribution in [0.25, 0.3) is 0 Å². The highest BCUT2D eigenvalue weighted by molar-refractivity contribution is 6.17. The van der Waals surface area contributed by atoms with E-state index in [1.807, 2.05) is 0 Å². The van der Waals surface area contributed by atoms with E-state index in [9.17, 15) is 0 Å². The van der Waals surface area contributed by atoms with E-state index in [4.69, 9.17) is 16.3 Å². The van der Waals surface area contributed by atoms with Gasteiger partial charge in [0.05, 0.1) is 12.7 Å². The predicted molar refractivity (Wildman–Crippen MR) is 68.1 cm³/mol. The number of ether oxygens (including phenoxy) is 1. The molecular weight excluding hydrogens is 222 g/mol. The number of rotatable bonds is 4. The molecule has 0 aromatic carbocycles. The van der Waals surface area contributed by atoms with Crippen molar-refractivity contribution in [2.45, 2.75) is 57.1 Å². The summed E-state index contributed by atoms with van der Waals surface area (Å²) in [5, 5.41) is 0. The standard InChI is InChI=1S/C13H24ClNO/c14-8-11-16-13-6-9-15(10-7-13)12-4-2-1-3-5-12/h12-13H,1-11H2. The smallest absolute Gasteiger partial charge is 0.0605 e. The number of hydrogen-bond acceptors (Lipinski definition) is 2. The summed E-state index contributed by atoms with van der Waals surface area (Å²) in [6, 6.07) is 0.878. The number of piperidine rings is 1. The van der Waals surface area contributed by atoms with Crippen molar-refractivity contribution >= 4 is 11.6 Å². The molecule has 0 unspecified atom stereocenters. The highest BCUT2D eigenvalue weighted by Gasteiger charge is 2.26. The summed E-state index contributed by atoms with van der Waals surface area (Å²) >= 11 is 5.64. The maximum absolute atomic E-state index is 5.71. The van der Waals surface area contributed by atoms with Crippen LogP contribution in [0, 0.1) is 0 Å². The number of hydrogen-bond donors (Lipinski definition) is 0. The van der Waals surface area contributed by atoms with Crippen molar-refractivity contribution < 1.29 is 4.74 Å². The van der Waals surface area contributed by atoms with Crippen LogP contribution >= 0.6 is 11.6 Å². The zero-order valence-corrected chi connectivity index (χ0v) is 10.9. The van der Waals surface area contributed by atoms with Crippen molar-refractivity contribution in [1.82, 2.24) is 4.90 Å². The van der Waals surface area contributed by atoms with Gasteiger partial charge in [-0.1, -0.05) is 19.3 Å². The second-order valence-electron chi connectivity index (χ2n) is 5.09. The third-order valence-corrected chi connectivity index (χ3v) is 4.15. The lowest BCUT2D eigenvalue weighted by Gasteiger charge is -2.39. The average Bonchev–Trinajstić information content (AvgIpc) is 2.38. The molecule has 0 spiro atoms. The molecule has 94 valence electrons. The molecule has 1 saturated carbocycles. The van der Waals surface area contributed by atoms with E-state index in [0.29, 0.717) is 12.0 Å². The Morgan fingerprint density at radius 3 is 2.31 bits per heavy atom. The van der Waals surface area contributed by atoms with Crippen LogP contribution in [0.15, 0.2) is 0 Å². The zero-order chi connectivity index (χ0) is 11.2. The van der Waals surface area contributed by atoms with Gasteiger partial charge in [-0.2, -0.15) is 0 Å². The summed E-state index contributed by atoms with van der Waals surface area (Å²) in [6.07, 6.45) is 10.0. The Labute approximate surface area is 104 Å². The Morgan fingerprint density at radius 2 is 1.69 bits per heavy atom. The first-order valence-electron chi connectivity index (χ1n) is 6.82. The molecule has 2 fully saturated rings. The quantitative estimate of drug-likeness (QED) is 0.706. The van der Waals surface area contributed by atoms with Crippen LogP contribution in [0.5, 0.6) is 0 Å². The van der Waals surface area contributed by atoms with Gasteiger partial charge >= 0.3 is 0 Å². The number of halogens is 1. The lowest BCUT2D eigenvalue weighted by atomic mass is 9.92. The molecule has 3 heteroatoms. The van der Waals surface area contributed by atoms with Crippen molar-refractivity contribution in [1.29, 1.82) is 0 Å². The molecule has 1 aliphatic carbocycles. The number of likely N-dealkylation sites (tertiary alicyclic amines) is 1. The Morgan fingerprint density at radius 1 is 1.00 bits per heavy atom. The van der Waals surface area contributed by atoms with Crippen LogP contribution in [-0.2, 0) is 4.74 Å². The van der Waals surface area contributed by atoms with Gasteiger partial charge in [-0.15, -0.1) is 11.6 Å². The first kappa shape index (κ1) is 12.7. The molecule has 2 rings (SSSR count). The van der Waals surface area contributed by atoms with Gasteiger partial charge in [0.15, 0.2) is 0 Å². The fraction of sp³-hybridized carbons (Fsp3) is 1.00. The second kappa shape index (κ2) is 6.83. The summed E-state index contributed by atoms with van der Waals surface area (Å²) < 4.78 is 5.71. The zero-order valence-electron chi connectivity index (χ0n) is 10.2. The van der Waals surface area contributed by atoms with Gasteiger partial charge in [-0.05, 0) is 25.7 Å². The van der Waals surface area contributed by atoms with Gasteiger partial charge in [0.2, 0.25) is 0 Å². The molecule has 0 N–H and O–H groups in total. The van der Waals surface area contributed by atoms with Crippen molar-refractivity contribution in [3.63, 3.8) is 0 Å². The molecular formula is C13H24ClNO. The second-order valence-corrected chi connectivity index (χ2v) is 5.46.